The molecule has 0 amide bonds. The number of aromatic nitrogens is 4. The highest BCUT2D eigenvalue weighted by Gasteiger charge is 2.33. The zero-order chi connectivity index (χ0) is 14.2. The van der Waals surface area contributed by atoms with Crippen molar-refractivity contribution in [1.82, 2.24) is 25.1 Å². The van der Waals surface area contributed by atoms with Crippen LogP contribution in [-0.4, -0.2) is 33.0 Å². The highest BCUT2D eigenvalue weighted by Crippen LogP contribution is 2.37. The average molecular weight is 307 g/mol. The molecule has 3 unspecified atom stereocenters. The van der Waals surface area contributed by atoms with Gasteiger partial charge in [0.1, 0.15) is 11.6 Å². The molecule has 1 N–H and O–H groups in total. The monoisotopic (exact) mass is 307 g/mol. The van der Waals surface area contributed by atoms with E-state index < -0.39 is 0 Å². The maximum absolute atomic E-state index is 5.15. The summed E-state index contributed by atoms with van der Waals surface area (Å²) < 4.78 is 6.98. The lowest BCUT2D eigenvalue weighted by Gasteiger charge is -2.39. The molecule has 2 aromatic rings. The predicted octanol–water partition coefficient (Wildman–Crippen LogP) is 2.32. The van der Waals surface area contributed by atoms with E-state index in [1.165, 1.54) is 38.5 Å². The number of ether oxygens (including phenoxy) is 1. The first kappa shape index (κ1) is 13.6. The van der Waals surface area contributed by atoms with Crippen LogP contribution in [0.5, 0.6) is 0 Å². The van der Waals surface area contributed by atoms with Crippen molar-refractivity contribution in [3.63, 3.8) is 0 Å². The first-order chi connectivity index (χ1) is 10.3. The molecule has 0 aromatic carbocycles. The molecule has 1 saturated carbocycles. The van der Waals surface area contributed by atoms with E-state index in [1.807, 2.05) is 4.52 Å². The fourth-order valence-corrected chi connectivity index (χ4v) is 4.67. The molecule has 4 rings (SSSR count). The number of nitrogens with zero attached hydrogens (tertiary/aromatic N) is 4. The van der Waals surface area contributed by atoms with Gasteiger partial charge >= 0.3 is 0 Å². The van der Waals surface area contributed by atoms with Gasteiger partial charge in [0.05, 0.1) is 6.04 Å². The third-order valence-corrected chi connectivity index (χ3v) is 5.81. The number of piperidine rings is 1. The summed E-state index contributed by atoms with van der Waals surface area (Å²) in [5.74, 6) is 1.66. The summed E-state index contributed by atoms with van der Waals surface area (Å²) in [6.07, 6.45) is 8.00. The summed E-state index contributed by atoms with van der Waals surface area (Å²) in [5.41, 5.74) is 0. The Kier molecular flexibility index (Phi) is 3.64. The standard InChI is InChI=1S/C14H21N5OS/c1-20-8-12-16-17-14-19(12)18-13(21-14)11-7-6-9-4-2-3-5-10(9)15-11/h9-11,15H,2-8H2,1H3. The highest BCUT2D eigenvalue weighted by atomic mass is 32.1. The minimum Gasteiger partial charge on any atom is -0.377 e. The Bertz CT molecular complexity index is 624. The van der Waals surface area contributed by atoms with Crippen molar-refractivity contribution >= 4 is 16.3 Å². The third kappa shape index (κ3) is 2.47. The highest BCUT2D eigenvalue weighted by molar-refractivity contribution is 7.16. The van der Waals surface area contributed by atoms with Gasteiger partial charge in [-0.25, -0.2) is 0 Å². The van der Waals surface area contributed by atoms with E-state index in [1.54, 1.807) is 18.4 Å². The molecule has 21 heavy (non-hydrogen) atoms. The van der Waals surface area contributed by atoms with Crippen LogP contribution in [-0.2, 0) is 11.3 Å². The van der Waals surface area contributed by atoms with Gasteiger partial charge in [-0.2, -0.15) is 9.61 Å². The SMILES string of the molecule is COCc1nnc2sc(C3CCC4CCCCC4N3)nn12. The molecule has 0 spiro atoms. The van der Waals surface area contributed by atoms with Gasteiger partial charge in [0.25, 0.3) is 0 Å². The second-order valence-electron chi connectivity index (χ2n) is 6.13. The quantitative estimate of drug-likeness (QED) is 0.942. The zero-order valence-electron chi connectivity index (χ0n) is 12.3. The molecule has 2 aromatic heterocycles. The lowest BCUT2D eigenvalue weighted by atomic mass is 9.78. The minimum absolute atomic E-state index is 0.381. The Hall–Kier alpha value is -1.05. The number of fused-ring (bicyclic) bond motifs is 2. The van der Waals surface area contributed by atoms with Crippen LogP contribution in [0.15, 0.2) is 0 Å². The van der Waals surface area contributed by atoms with Gasteiger partial charge in [-0.05, 0) is 31.6 Å². The van der Waals surface area contributed by atoms with Crippen LogP contribution in [0.25, 0.3) is 4.96 Å². The van der Waals surface area contributed by atoms with Gasteiger partial charge in [-0.15, -0.1) is 10.2 Å². The molecule has 0 radical (unpaired) electrons. The molecule has 2 fully saturated rings. The van der Waals surface area contributed by atoms with Gasteiger partial charge in [-0.1, -0.05) is 24.2 Å². The van der Waals surface area contributed by atoms with E-state index in [2.05, 4.69) is 15.5 Å². The lowest BCUT2D eigenvalue weighted by Crippen LogP contribution is -2.44. The number of rotatable bonds is 3. The number of methoxy groups -OCH3 is 1. The predicted molar refractivity (Wildman–Crippen MR) is 80.2 cm³/mol. The van der Waals surface area contributed by atoms with Crippen molar-refractivity contribution in [2.24, 2.45) is 5.92 Å². The van der Waals surface area contributed by atoms with Crippen LogP contribution in [0.4, 0.5) is 0 Å². The Morgan fingerprint density at radius 3 is 3.05 bits per heavy atom. The normalized spacial score (nSPS) is 29.7. The molecule has 2 aliphatic rings. The summed E-state index contributed by atoms with van der Waals surface area (Å²) in [7, 11) is 1.67. The molecule has 114 valence electrons. The molecular weight excluding hydrogens is 286 g/mol. The Morgan fingerprint density at radius 1 is 1.24 bits per heavy atom. The van der Waals surface area contributed by atoms with Crippen molar-refractivity contribution in [2.75, 3.05) is 7.11 Å². The van der Waals surface area contributed by atoms with Crippen molar-refractivity contribution < 1.29 is 4.74 Å². The maximum Gasteiger partial charge on any atom is 0.234 e. The third-order valence-electron chi connectivity index (χ3n) is 4.79. The maximum atomic E-state index is 5.15. The number of hydrogen-bond donors (Lipinski definition) is 1. The van der Waals surface area contributed by atoms with E-state index >= 15 is 0 Å². The van der Waals surface area contributed by atoms with Gasteiger partial charge in [0.15, 0.2) is 5.82 Å². The van der Waals surface area contributed by atoms with E-state index in [4.69, 9.17) is 9.84 Å². The molecule has 1 saturated heterocycles. The van der Waals surface area contributed by atoms with Gasteiger partial charge in [-0.3, -0.25) is 0 Å². The molecule has 6 nitrogen and oxygen atoms in total. The van der Waals surface area contributed by atoms with Crippen LogP contribution < -0.4 is 5.32 Å². The summed E-state index contributed by atoms with van der Waals surface area (Å²) in [6.45, 7) is 0.452. The van der Waals surface area contributed by atoms with Gasteiger partial charge in [0, 0.05) is 13.2 Å². The smallest absolute Gasteiger partial charge is 0.234 e. The minimum atomic E-state index is 0.381. The van der Waals surface area contributed by atoms with Crippen molar-refractivity contribution in [1.29, 1.82) is 0 Å². The summed E-state index contributed by atoms with van der Waals surface area (Å²) in [4.78, 5) is 0.865. The lowest BCUT2D eigenvalue weighted by molar-refractivity contribution is 0.173. The van der Waals surface area contributed by atoms with E-state index in [-0.39, 0.29) is 0 Å². The largest absolute Gasteiger partial charge is 0.377 e. The van der Waals surface area contributed by atoms with Gasteiger partial charge in [0.2, 0.25) is 4.96 Å². The first-order valence-corrected chi connectivity index (χ1v) is 8.63. The molecule has 7 heteroatoms. The molecule has 1 aliphatic carbocycles. The Morgan fingerprint density at radius 2 is 2.14 bits per heavy atom. The summed E-state index contributed by atoms with van der Waals surface area (Å²) in [6, 6.07) is 1.07. The molecular formula is C14H21N5OS. The Balaban J connectivity index is 1.55. The molecule has 0 bridgehead atoms. The van der Waals surface area contributed by atoms with E-state index in [0.29, 0.717) is 18.7 Å². The number of hydrogen-bond acceptors (Lipinski definition) is 6. The average Bonchev–Trinajstić information content (AvgIpc) is 3.09. The van der Waals surface area contributed by atoms with Gasteiger partial charge < -0.3 is 10.1 Å². The Labute approximate surface area is 127 Å². The van der Waals surface area contributed by atoms with Crippen molar-refractivity contribution in [3.05, 3.63) is 10.8 Å². The number of nitrogens with one attached hydrogen (secondary N) is 1. The van der Waals surface area contributed by atoms with Crippen LogP contribution in [0.3, 0.4) is 0 Å². The van der Waals surface area contributed by atoms with E-state index in [0.717, 1.165) is 21.7 Å². The second-order valence-corrected chi connectivity index (χ2v) is 7.12. The van der Waals surface area contributed by atoms with Crippen LogP contribution in [0.1, 0.15) is 55.4 Å². The zero-order valence-corrected chi connectivity index (χ0v) is 13.1. The fraction of sp³-hybridized carbons (Fsp3) is 0.786. The van der Waals surface area contributed by atoms with Crippen LogP contribution in [0.2, 0.25) is 0 Å². The van der Waals surface area contributed by atoms with Crippen LogP contribution >= 0.6 is 11.3 Å². The van der Waals surface area contributed by atoms with Crippen molar-refractivity contribution in [2.45, 2.75) is 57.2 Å². The molecule has 3 heterocycles. The van der Waals surface area contributed by atoms with Crippen molar-refractivity contribution in [3.8, 4) is 0 Å². The molecule has 1 aliphatic heterocycles. The van der Waals surface area contributed by atoms with E-state index in [9.17, 15) is 0 Å². The summed E-state index contributed by atoms with van der Waals surface area (Å²) >= 11 is 1.65. The van der Waals surface area contributed by atoms with Crippen LogP contribution in [0, 0.1) is 5.92 Å². The fourth-order valence-electron chi connectivity index (χ4n) is 3.72. The first-order valence-electron chi connectivity index (χ1n) is 7.81. The second kappa shape index (κ2) is 5.62. The summed E-state index contributed by atoms with van der Waals surface area (Å²) in [5, 5.41) is 18.0. The molecule has 3 atom stereocenters. The topological polar surface area (TPSA) is 64.3 Å².